The number of benzene rings is 1. The van der Waals surface area contributed by atoms with E-state index in [1.807, 2.05) is 18.2 Å². The number of rotatable bonds is 5. The SMILES string of the molecule is CCC(C)NCc1cc(Cl)ccc1OC. The van der Waals surface area contributed by atoms with Crippen molar-refractivity contribution in [1.29, 1.82) is 0 Å². The first kappa shape index (κ1) is 12.3. The van der Waals surface area contributed by atoms with Crippen LogP contribution in [0.3, 0.4) is 0 Å². The van der Waals surface area contributed by atoms with Crippen molar-refractivity contribution in [3.8, 4) is 5.75 Å². The van der Waals surface area contributed by atoms with Crippen molar-refractivity contribution in [3.05, 3.63) is 28.8 Å². The molecule has 0 aromatic heterocycles. The van der Waals surface area contributed by atoms with Gasteiger partial charge in [-0.1, -0.05) is 18.5 Å². The molecule has 0 aliphatic carbocycles. The molecule has 1 atom stereocenters. The van der Waals surface area contributed by atoms with Gasteiger partial charge < -0.3 is 10.1 Å². The molecule has 0 aliphatic heterocycles. The van der Waals surface area contributed by atoms with Gasteiger partial charge in [-0.3, -0.25) is 0 Å². The summed E-state index contributed by atoms with van der Waals surface area (Å²) in [5.74, 6) is 0.884. The Hall–Kier alpha value is -0.730. The summed E-state index contributed by atoms with van der Waals surface area (Å²) in [4.78, 5) is 0. The second kappa shape index (κ2) is 5.99. The first-order chi connectivity index (χ1) is 7.17. The first-order valence-corrected chi connectivity index (χ1v) is 5.61. The van der Waals surface area contributed by atoms with Crippen LogP contribution >= 0.6 is 11.6 Å². The number of methoxy groups -OCH3 is 1. The van der Waals surface area contributed by atoms with Gasteiger partial charge in [0.15, 0.2) is 0 Å². The van der Waals surface area contributed by atoms with Gasteiger partial charge in [-0.15, -0.1) is 0 Å². The summed E-state index contributed by atoms with van der Waals surface area (Å²) >= 11 is 5.94. The van der Waals surface area contributed by atoms with Crippen molar-refractivity contribution in [1.82, 2.24) is 5.32 Å². The van der Waals surface area contributed by atoms with Crippen LogP contribution in [-0.2, 0) is 6.54 Å². The average molecular weight is 228 g/mol. The van der Waals surface area contributed by atoms with E-state index in [0.29, 0.717) is 6.04 Å². The molecule has 0 spiro atoms. The molecular formula is C12H18ClNO. The summed E-state index contributed by atoms with van der Waals surface area (Å²) in [5.41, 5.74) is 1.10. The first-order valence-electron chi connectivity index (χ1n) is 5.23. The molecule has 1 N–H and O–H groups in total. The third-order valence-corrected chi connectivity index (χ3v) is 2.73. The van der Waals surface area contributed by atoms with Crippen molar-refractivity contribution >= 4 is 11.6 Å². The lowest BCUT2D eigenvalue weighted by molar-refractivity contribution is 0.405. The van der Waals surface area contributed by atoms with E-state index in [1.54, 1.807) is 7.11 Å². The number of hydrogen-bond acceptors (Lipinski definition) is 2. The van der Waals surface area contributed by atoms with Crippen LogP contribution in [0.1, 0.15) is 25.8 Å². The van der Waals surface area contributed by atoms with Crippen molar-refractivity contribution < 1.29 is 4.74 Å². The molecule has 0 heterocycles. The Labute approximate surface area is 96.6 Å². The quantitative estimate of drug-likeness (QED) is 0.834. The maximum Gasteiger partial charge on any atom is 0.123 e. The van der Waals surface area contributed by atoms with Crippen LogP contribution in [0.25, 0.3) is 0 Å². The van der Waals surface area contributed by atoms with Gasteiger partial charge in [0.1, 0.15) is 5.75 Å². The highest BCUT2D eigenvalue weighted by Crippen LogP contribution is 2.22. The zero-order valence-electron chi connectivity index (χ0n) is 9.51. The van der Waals surface area contributed by atoms with Crippen molar-refractivity contribution in [2.45, 2.75) is 32.9 Å². The van der Waals surface area contributed by atoms with E-state index in [1.165, 1.54) is 0 Å². The zero-order valence-corrected chi connectivity index (χ0v) is 10.3. The Bertz CT molecular complexity index is 314. The summed E-state index contributed by atoms with van der Waals surface area (Å²) in [5, 5.41) is 4.16. The van der Waals surface area contributed by atoms with E-state index in [2.05, 4.69) is 19.2 Å². The fourth-order valence-electron chi connectivity index (χ4n) is 1.31. The van der Waals surface area contributed by atoms with Gasteiger partial charge in [0.2, 0.25) is 0 Å². The highest BCUT2D eigenvalue weighted by Gasteiger charge is 2.05. The van der Waals surface area contributed by atoms with E-state index < -0.39 is 0 Å². The summed E-state index contributed by atoms with van der Waals surface area (Å²) in [7, 11) is 1.68. The largest absolute Gasteiger partial charge is 0.496 e. The van der Waals surface area contributed by atoms with Gasteiger partial charge in [-0.05, 0) is 31.5 Å². The molecule has 15 heavy (non-hydrogen) atoms. The Kier molecular flexibility index (Phi) is 4.92. The molecule has 2 nitrogen and oxygen atoms in total. The molecule has 0 fully saturated rings. The molecule has 0 saturated heterocycles. The molecule has 1 aromatic carbocycles. The molecule has 0 bridgehead atoms. The monoisotopic (exact) mass is 227 g/mol. The second-order valence-corrected chi connectivity index (χ2v) is 4.08. The lowest BCUT2D eigenvalue weighted by Gasteiger charge is -2.13. The van der Waals surface area contributed by atoms with Gasteiger partial charge in [0, 0.05) is 23.2 Å². The van der Waals surface area contributed by atoms with E-state index in [0.717, 1.165) is 29.3 Å². The summed E-state index contributed by atoms with van der Waals surface area (Å²) in [6.07, 6.45) is 1.11. The van der Waals surface area contributed by atoms with Crippen molar-refractivity contribution in [3.63, 3.8) is 0 Å². The summed E-state index contributed by atoms with van der Waals surface area (Å²) in [6, 6.07) is 6.19. The summed E-state index contributed by atoms with van der Waals surface area (Å²) in [6.45, 7) is 5.11. The highest BCUT2D eigenvalue weighted by atomic mass is 35.5. The smallest absolute Gasteiger partial charge is 0.123 e. The van der Waals surface area contributed by atoms with Gasteiger partial charge in [-0.25, -0.2) is 0 Å². The minimum Gasteiger partial charge on any atom is -0.496 e. The zero-order chi connectivity index (χ0) is 11.3. The van der Waals surface area contributed by atoms with Gasteiger partial charge >= 0.3 is 0 Å². The number of nitrogens with one attached hydrogen (secondary N) is 1. The predicted molar refractivity (Wildman–Crippen MR) is 64.6 cm³/mol. The van der Waals surface area contributed by atoms with E-state index >= 15 is 0 Å². The predicted octanol–water partition coefficient (Wildman–Crippen LogP) is 3.24. The molecule has 84 valence electrons. The van der Waals surface area contributed by atoms with Gasteiger partial charge in [-0.2, -0.15) is 0 Å². The molecule has 1 rings (SSSR count). The lowest BCUT2D eigenvalue weighted by atomic mass is 10.2. The topological polar surface area (TPSA) is 21.3 Å². The minimum absolute atomic E-state index is 0.508. The van der Waals surface area contributed by atoms with E-state index in [-0.39, 0.29) is 0 Å². The van der Waals surface area contributed by atoms with E-state index in [4.69, 9.17) is 16.3 Å². The Morgan fingerprint density at radius 2 is 2.20 bits per heavy atom. The van der Waals surface area contributed by atoms with Gasteiger partial charge in [0.25, 0.3) is 0 Å². The van der Waals surface area contributed by atoms with Crippen LogP contribution in [0.5, 0.6) is 5.75 Å². The normalized spacial score (nSPS) is 12.5. The molecule has 1 aromatic rings. The third kappa shape index (κ3) is 3.73. The fourth-order valence-corrected chi connectivity index (χ4v) is 1.51. The van der Waals surface area contributed by atoms with E-state index in [9.17, 15) is 0 Å². The summed E-state index contributed by atoms with van der Waals surface area (Å²) < 4.78 is 5.27. The molecule has 0 radical (unpaired) electrons. The van der Waals surface area contributed by atoms with Gasteiger partial charge in [0.05, 0.1) is 7.11 Å². The highest BCUT2D eigenvalue weighted by molar-refractivity contribution is 6.30. The maximum atomic E-state index is 5.94. The number of hydrogen-bond donors (Lipinski definition) is 1. The molecule has 1 unspecified atom stereocenters. The fraction of sp³-hybridized carbons (Fsp3) is 0.500. The standard InChI is InChI=1S/C12H18ClNO/c1-4-9(2)14-8-10-7-11(13)5-6-12(10)15-3/h5-7,9,14H,4,8H2,1-3H3. The number of halogens is 1. The Balaban J connectivity index is 2.69. The Morgan fingerprint density at radius 1 is 1.47 bits per heavy atom. The van der Waals surface area contributed by atoms with Crippen LogP contribution in [-0.4, -0.2) is 13.2 Å². The average Bonchev–Trinajstić information content (AvgIpc) is 2.26. The molecule has 0 aliphatic rings. The minimum atomic E-state index is 0.508. The van der Waals surface area contributed by atoms with Crippen LogP contribution in [0.2, 0.25) is 5.02 Å². The van der Waals surface area contributed by atoms with Crippen LogP contribution in [0.4, 0.5) is 0 Å². The molecule has 0 saturated carbocycles. The number of ether oxygens (including phenoxy) is 1. The maximum absolute atomic E-state index is 5.94. The van der Waals surface area contributed by atoms with Crippen molar-refractivity contribution in [2.24, 2.45) is 0 Å². The lowest BCUT2D eigenvalue weighted by Crippen LogP contribution is -2.24. The van der Waals surface area contributed by atoms with Crippen LogP contribution in [0.15, 0.2) is 18.2 Å². The molecular weight excluding hydrogens is 210 g/mol. The van der Waals surface area contributed by atoms with Crippen LogP contribution < -0.4 is 10.1 Å². The van der Waals surface area contributed by atoms with Crippen molar-refractivity contribution in [2.75, 3.05) is 7.11 Å². The third-order valence-electron chi connectivity index (χ3n) is 2.50. The molecule has 0 amide bonds. The van der Waals surface area contributed by atoms with Crippen LogP contribution in [0, 0.1) is 0 Å². The Morgan fingerprint density at radius 3 is 2.80 bits per heavy atom. The molecule has 3 heteroatoms. The second-order valence-electron chi connectivity index (χ2n) is 3.65.